The average molecular weight is 306 g/mol. The van der Waals surface area contributed by atoms with Gasteiger partial charge in [-0.2, -0.15) is 0 Å². The van der Waals surface area contributed by atoms with E-state index in [1.54, 1.807) is 11.3 Å². The quantitative estimate of drug-likeness (QED) is 0.687. The van der Waals surface area contributed by atoms with Crippen molar-refractivity contribution in [1.82, 2.24) is 0 Å². The standard InChI is InChI=1S/C16H22N2O2S/c1-2-14-9-12(11-21-14)15-10-13(3-4-16(15)17)18(5-7-19)6-8-20/h3-4,9-11,19-20H,2,5-8,17H2,1H3. The molecule has 0 unspecified atom stereocenters. The monoisotopic (exact) mass is 306 g/mol. The van der Waals surface area contributed by atoms with Crippen LogP contribution in [0.5, 0.6) is 0 Å². The molecule has 21 heavy (non-hydrogen) atoms. The number of benzene rings is 1. The highest BCUT2D eigenvalue weighted by Crippen LogP contribution is 2.33. The number of rotatable bonds is 7. The van der Waals surface area contributed by atoms with Crippen LogP contribution in [-0.2, 0) is 6.42 Å². The first-order valence-corrected chi connectivity index (χ1v) is 8.01. The minimum Gasteiger partial charge on any atom is -0.398 e. The van der Waals surface area contributed by atoms with Crippen LogP contribution in [0.25, 0.3) is 11.1 Å². The fourth-order valence-corrected chi connectivity index (χ4v) is 3.14. The van der Waals surface area contributed by atoms with E-state index in [0.29, 0.717) is 13.1 Å². The maximum Gasteiger partial charge on any atom is 0.0606 e. The van der Waals surface area contributed by atoms with Gasteiger partial charge >= 0.3 is 0 Å². The molecule has 2 aromatic rings. The van der Waals surface area contributed by atoms with Gasteiger partial charge in [-0.1, -0.05) is 6.92 Å². The number of nitrogens with two attached hydrogens (primary N) is 1. The van der Waals surface area contributed by atoms with E-state index < -0.39 is 0 Å². The fourth-order valence-electron chi connectivity index (χ4n) is 2.31. The second kappa shape index (κ2) is 7.45. The van der Waals surface area contributed by atoms with Crippen molar-refractivity contribution < 1.29 is 10.2 Å². The van der Waals surface area contributed by atoms with Crippen molar-refractivity contribution in [3.05, 3.63) is 34.5 Å². The molecule has 0 aliphatic carbocycles. The Labute approximate surface area is 129 Å². The van der Waals surface area contributed by atoms with Gasteiger partial charge in [-0.15, -0.1) is 11.3 Å². The maximum atomic E-state index is 9.15. The summed E-state index contributed by atoms with van der Waals surface area (Å²) in [4.78, 5) is 3.29. The van der Waals surface area contributed by atoms with Crippen LogP contribution in [0.1, 0.15) is 11.8 Å². The lowest BCUT2D eigenvalue weighted by Gasteiger charge is -2.24. The summed E-state index contributed by atoms with van der Waals surface area (Å²) in [6, 6.07) is 8.01. The number of aliphatic hydroxyl groups excluding tert-OH is 2. The number of nitrogen functional groups attached to an aromatic ring is 1. The third-order valence-corrected chi connectivity index (χ3v) is 4.54. The van der Waals surface area contributed by atoms with E-state index >= 15 is 0 Å². The number of hydrogen-bond acceptors (Lipinski definition) is 5. The molecule has 4 nitrogen and oxygen atoms in total. The van der Waals surface area contributed by atoms with Gasteiger partial charge in [-0.3, -0.25) is 0 Å². The molecule has 0 aliphatic heterocycles. The van der Waals surface area contributed by atoms with E-state index in [1.807, 2.05) is 23.1 Å². The minimum absolute atomic E-state index is 0.0537. The van der Waals surface area contributed by atoms with Crippen molar-refractivity contribution >= 4 is 22.7 Å². The molecule has 0 bridgehead atoms. The number of anilines is 2. The molecule has 114 valence electrons. The molecule has 1 aromatic carbocycles. The van der Waals surface area contributed by atoms with E-state index in [0.717, 1.165) is 28.9 Å². The van der Waals surface area contributed by atoms with Crippen molar-refractivity contribution in [2.24, 2.45) is 0 Å². The van der Waals surface area contributed by atoms with Gasteiger partial charge in [0.05, 0.1) is 13.2 Å². The van der Waals surface area contributed by atoms with Gasteiger partial charge in [0, 0.05) is 34.9 Å². The summed E-state index contributed by atoms with van der Waals surface area (Å²) in [5.41, 5.74) is 9.95. The summed E-state index contributed by atoms with van der Waals surface area (Å²) in [6.45, 7) is 3.23. The second-order valence-electron chi connectivity index (χ2n) is 4.86. The summed E-state index contributed by atoms with van der Waals surface area (Å²) >= 11 is 1.74. The Hall–Kier alpha value is -1.56. The molecule has 2 rings (SSSR count). The topological polar surface area (TPSA) is 69.7 Å². The number of aryl methyl sites for hydroxylation is 1. The van der Waals surface area contributed by atoms with Crippen molar-refractivity contribution in [1.29, 1.82) is 0 Å². The number of nitrogens with zero attached hydrogens (tertiary/aromatic N) is 1. The molecule has 0 atom stereocenters. The van der Waals surface area contributed by atoms with Crippen molar-refractivity contribution in [2.75, 3.05) is 36.9 Å². The first-order chi connectivity index (χ1) is 10.2. The molecule has 0 amide bonds. The van der Waals surface area contributed by atoms with Crippen LogP contribution < -0.4 is 10.6 Å². The Balaban J connectivity index is 2.35. The maximum absolute atomic E-state index is 9.15. The van der Waals surface area contributed by atoms with Crippen LogP contribution in [0.15, 0.2) is 29.6 Å². The highest BCUT2D eigenvalue weighted by Gasteiger charge is 2.10. The normalized spacial score (nSPS) is 10.8. The number of hydrogen-bond donors (Lipinski definition) is 3. The zero-order chi connectivity index (χ0) is 15.2. The van der Waals surface area contributed by atoms with Crippen molar-refractivity contribution in [3.63, 3.8) is 0 Å². The van der Waals surface area contributed by atoms with Gasteiger partial charge in [0.15, 0.2) is 0 Å². The molecule has 4 N–H and O–H groups in total. The molecule has 0 aliphatic rings. The lowest BCUT2D eigenvalue weighted by molar-refractivity contribution is 0.281. The van der Waals surface area contributed by atoms with Crippen LogP contribution in [0, 0.1) is 0 Å². The summed E-state index contributed by atoms with van der Waals surface area (Å²) in [5.74, 6) is 0. The van der Waals surface area contributed by atoms with Crippen LogP contribution in [-0.4, -0.2) is 36.5 Å². The highest BCUT2D eigenvalue weighted by molar-refractivity contribution is 7.10. The first-order valence-electron chi connectivity index (χ1n) is 7.13. The van der Waals surface area contributed by atoms with Gasteiger partial charge in [0.1, 0.15) is 0 Å². The Morgan fingerprint density at radius 3 is 2.43 bits per heavy atom. The largest absolute Gasteiger partial charge is 0.398 e. The Morgan fingerprint density at radius 2 is 1.86 bits per heavy atom. The highest BCUT2D eigenvalue weighted by atomic mass is 32.1. The molecular formula is C16H22N2O2S. The Morgan fingerprint density at radius 1 is 1.14 bits per heavy atom. The minimum atomic E-state index is 0.0537. The van der Waals surface area contributed by atoms with E-state index in [4.69, 9.17) is 15.9 Å². The molecule has 0 saturated heterocycles. The Kier molecular flexibility index (Phi) is 5.61. The summed E-state index contributed by atoms with van der Waals surface area (Å²) < 4.78 is 0. The molecular weight excluding hydrogens is 284 g/mol. The molecule has 0 radical (unpaired) electrons. The smallest absolute Gasteiger partial charge is 0.0606 e. The Bertz CT molecular complexity index is 577. The van der Waals surface area contributed by atoms with E-state index in [1.165, 1.54) is 4.88 Å². The van der Waals surface area contributed by atoms with E-state index in [2.05, 4.69) is 18.4 Å². The number of thiophene rings is 1. The molecule has 0 saturated carbocycles. The third-order valence-electron chi connectivity index (χ3n) is 3.46. The first kappa shape index (κ1) is 15.8. The lowest BCUT2D eigenvalue weighted by Crippen LogP contribution is -2.29. The summed E-state index contributed by atoms with van der Waals surface area (Å²) in [7, 11) is 0. The zero-order valence-corrected chi connectivity index (χ0v) is 13.1. The van der Waals surface area contributed by atoms with Crippen molar-refractivity contribution in [3.8, 4) is 11.1 Å². The average Bonchev–Trinajstić information content (AvgIpc) is 2.96. The molecule has 5 heteroatoms. The van der Waals surface area contributed by atoms with Crippen molar-refractivity contribution in [2.45, 2.75) is 13.3 Å². The zero-order valence-electron chi connectivity index (χ0n) is 12.2. The second-order valence-corrected chi connectivity index (χ2v) is 5.86. The molecule has 1 aromatic heterocycles. The van der Waals surface area contributed by atoms with E-state index in [-0.39, 0.29) is 13.2 Å². The van der Waals surface area contributed by atoms with Gasteiger partial charge in [0.25, 0.3) is 0 Å². The van der Waals surface area contributed by atoms with Crippen LogP contribution >= 0.6 is 11.3 Å². The molecule has 1 heterocycles. The van der Waals surface area contributed by atoms with Crippen LogP contribution in [0.2, 0.25) is 0 Å². The van der Waals surface area contributed by atoms with Gasteiger partial charge < -0.3 is 20.8 Å². The molecule has 0 fully saturated rings. The fraction of sp³-hybridized carbons (Fsp3) is 0.375. The predicted molar refractivity (Wildman–Crippen MR) is 89.9 cm³/mol. The summed E-state index contributed by atoms with van der Waals surface area (Å²) in [6.07, 6.45) is 1.02. The van der Waals surface area contributed by atoms with E-state index in [9.17, 15) is 0 Å². The SMILES string of the molecule is CCc1cc(-c2cc(N(CCO)CCO)ccc2N)cs1. The van der Waals surface area contributed by atoms with Crippen LogP contribution in [0.3, 0.4) is 0 Å². The molecule has 0 spiro atoms. The lowest BCUT2D eigenvalue weighted by atomic mass is 10.0. The van der Waals surface area contributed by atoms with Gasteiger partial charge in [0.2, 0.25) is 0 Å². The summed E-state index contributed by atoms with van der Waals surface area (Å²) in [5, 5.41) is 20.4. The number of aliphatic hydroxyl groups is 2. The van der Waals surface area contributed by atoms with Gasteiger partial charge in [-0.05, 0) is 41.6 Å². The predicted octanol–water partition coefficient (Wildman–Crippen LogP) is 2.35. The van der Waals surface area contributed by atoms with Crippen LogP contribution in [0.4, 0.5) is 11.4 Å². The third kappa shape index (κ3) is 3.75. The van der Waals surface area contributed by atoms with Gasteiger partial charge in [-0.25, -0.2) is 0 Å².